The first-order valence-electron chi connectivity index (χ1n) is 9.74. The standard InChI is InChI=1S/C28H19Cl/c29-22-17-14-20(15-18-22)16-19-25-23-10-4-6-12-26(23)28(21-8-2-1-3-9-21)27-13-7-5-11-24(25)27/h1-19H/b19-16+. The highest BCUT2D eigenvalue weighted by molar-refractivity contribution is 6.30. The minimum Gasteiger partial charge on any atom is -0.0843 e. The highest BCUT2D eigenvalue weighted by Crippen LogP contribution is 2.39. The normalized spacial score (nSPS) is 11.5. The molecule has 138 valence electrons. The molecule has 0 aliphatic rings. The summed E-state index contributed by atoms with van der Waals surface area (Å²) in [6.07, 6.45) is 4.38. The highest BCUT2D eigenvalue weighted by atomic mass is 35.5. The fraction of sp³-hybridized carbons (Fsp3) is 0. The van der Waals surface area contributed by atoms with Crippen molar-refractivity contribution in [1.29, 1.82) is 0 Å². The van der Waals surface area contributed by atoms with Crippen LogP contribution in [0.15, 0.2) is 103 Å². The molecule has 0 atom stereocenters. The molecule has 0 aliphatic carbocycles. The monoisotopic (exact) mass is 390 g/mol. The third-order valence-corrected chi connectivity index (χ3v) is 5.60. The van der Waals surface area contributed by atoms with Crippen molar-refractivity contribution in [1.82, 2.24) is 0 Å². The Morgan fingerprint density at radius 3 is 1.59 bits per heavy atom. The molecule has 29 heavy (non-hydrogen) atoms. The summed E-state index contributed by atoms with van der Waals surface area (Å²) in [6, 6.07) is 36.0. The number of hydrogen-bond donors (Lipinski definition) is 0. The Labute approximate surface area is 175 Å². The second kappa shape index (κ2) is 7.58. The van der Waals surface area contributed by atoms with Crippen LogP contribution in [-0.4, -0.2) is 0 Å². The van der Waals surface area contributed by atoms with E-state index in [1.807, 2.05) is 24.3 Å². The molecule has 0 amide bonds. The molecule has 0 heterocycles. The summed E-state index contributed by atoms with van der Waals surface area (Å²) in [7, 11) is 0. The van der Waals surface area contributed by atoms with Gasteiger partial charge in [-0.2, -0.15) is 0 Å². The Kier molecular flexibility index (Phi) is 4.63. The van der Waals surface area contributed by atoms with E-state index >= 15 is 0 Å². The Bertz CT molecular complexity index is 1270. The van der Waals surface area contributed by atoms with Crippen molar-refractivity contribution >= 4 is 45.3 Å². The fourth-order valence-electron chi connectivity index (χ4n) is 4.01. The van der Waals surface area contributed by atoms with Crippen molar-refractivity contribution < 1.29 is 0 Å². The van der Waals surface area contributed by atoms with Crippen LogP contribution in [0.4, 0.5) is 0 Å². The van der Waals surface area contributed by atoms with Crippen LogP contribution in [0.3, 0.4) is 0 Å². The van der Waals surface area contributed by atoms with Gasteiger partial charge in [-0.05, 0) is 55.9 Å². The van der Waals surface area contributed by atoms with Crippen LogP contribution in [0.2, 0.25) is 5.02 Å². The topological polar surface area (TPSA) is 0 Å². The quantitative estimate of drug-likeness (QED) is 0.214. The molecule has 0 nitrogen and oxygen atoms in total. The molecule has 0 radical (unpaired) electrons. The van der Waals surface area contributed by atoms with Crippen LogP contribution in [0.5, 0.6) is 0 Å². The molecule has 0 aliphatic heterocycles. The van der Waals surface area contributed by atoms with E-state index in [0.717, 1.165) is 10.6 Å². The summed E-state index contributed by atoms with van der Waals surface area (Å²) in [5.74, 6) is 0. The van der Waals surface area contributed by atoms with Gasteiger partial charge in [0.05, 0.1) is 0 Å². The van der Waals surface area contributed by atoms with Crippen LogP contribution >= 0.6 is 11.6 Å². The van der Waals surface area contributed by atoms with E-state index in [4.69, 9.17) is 11.6 Å². The molecule has 5 rings (SSSR count). The number of benzene rings is 5. The van der Waals surface area contributed by atoms with Gasteiger partial charge in [-0.15, -0.1) is 0 Å². The zero-order chi connectivity index (χ0) is 19.6. The molecule has 0 spiro atoms. The lowest BCUT2D eigenvalue weighted by atomic mass is 9.88. The third-order valence-electron chi connectivity index (χ3n) is 5.35. The van der Waals surface area contributed by atoms with Crippen LogP contribution < -0.4 is 0 Å². The summed E-state index contributed by atoms with van der Waals surface area (Å²) in [5.41, 5.74) is 4.91. The fourth-order valence-corrected chi connectivity index (χ4v) is 4.14. The van der Waals surface area contributed by atoms with Crippen molar-refractivity contribution in [2.75, 3.05) is 0 Å². The minimum absolute atomic E-state index is 0.755. The van der Waals surface area contributed by atoms with E-state index in [9.17, 15) is 0 Å². The van der Waals surface area contributed by atoms with E-state index in [1.54, 1.807) is 0 Å². The Morgan fingerprint density at radius 2 is 1.00 bits per heavy atom. The number of rotatable bonds is 3. The van der Waals surface area contributed by atoms with Gasteiger partial charge in [0.1, 0.15) is 0 Å². The molecular formula is C28H19Cl. The first-order chi connectivity index (χ1) is 14.3. The molecule has 0 bridgehead atoms. The largest absolute Gasteiger partial charge is 0.0843 e. The maximum absolute atomic E-state index is 6.04. The van der Waals surface area contributed by atoms with E-state index in [-0.39, 0.29) is 0 Å². The van der Waals surface area contributed by atoms with Crippen molar-refractivity contribution in [2.45, 2.75) is 0 Å². The molecule has 0 N–H and O–H groups in total. The van der Waals surface area contributed by atoms with Gasteiger partial charge in [0.25, 0.3) is 0 Å². The zero-order valence-electron chi connectivity index (χ0n) is 15.8. The number of halogens is 1. The van der Waals surface area contributed by atoms with Gasteiger partial charge in [0, 0.05) is 5.02 Å². The van der Waals surface area contributed by atoms with Gasteiger partial charge < -0.3 is 0 Å². The Balaban J connectivity index is 1.82. The molecule has 1 heteroatoms. The van der Waals surface area contributed by atoms with Crippen molar-refractivity contribution in [3.8, 4) is 11.1 Å². The first kappa shape index (κ1) is 17.7. The predicted molar refractivity (Wildman–Crippen MR) is 127 cm³/mol. The van der Waals surface area contributed by atoms with Gasteiger partial charge in [0.2, 0.25) is 0 Å². The highest BCUT2D eigenvalue weighted by Gasteiger charge is 2.13. The minimum atomic E-state index is 0.755. The van der Waals surface area contributed by atoms with Crippen molar-refractivity contribution in [3.05, 3.63) is 119 Å². The number of hydrogen-bond acceptors (Lipinski definition) is 0. The lowest BCUT2D eigenvalue weighted by molar-refractivity contribution is 1.66. The second-order valence-corrected chi connectivity index (χ2v) is 7.57. The van der Waals surface area contributed by atoms with Crippen LogP contribution in [0.25, 0.3) is 44.8 Å². The molecule has 0 saturated carbocycles. The smallest absolute Gasteiger partial charge is 0.0406 e. The molecule has 0 fully saturated rings. The van der Waals surface area contributed by atoms with Crippen molar-refractivity contribution in [3.63, 3.8) is 0 Å². The summed E-state index contributed by atoms with van der Waals surface area (Å²) < 4.78 is 0. The molecule has 5 aromatic rings. The van der Waals surface area contributed by atoms with E-state index in [2.05, 4.69) is 91.0 Å². The Morgan fingerprint density at radius 1 is 0.483 bits per heavy atom. The predicted octanol–water partition coefficient (Wildman–Crippen LogP) is 8.48. The molecule has 0 saturated heterocycles. The van der Waals surface area contributed by atoms with Gasteiger partial charge in [-0.1, -0.05) is 115 Å². The molecule has 5 aromatic carbocycles. The Hall–Kier alpha value is -3.35. The van der Waals surface area contributed by atoms with E-state index in [0.29, 0.717) is 0 Å². The maximum Gasteiger partial charge on any atom is 0.0406 e. The van der Waals surface area contributed by atoms with Gasteiger partial charge >= 0.3 is 0 Å². The summed E-state index contributed by atoms with van der Waals surface area (Å²) in [6.45, 7) is 0. The van der Waals surface area contributed by atoms with Crippen LogP contribution in [0.1, 0.15) is 11.1 Å². The van der Waals surface area contributed by atoms with Gasteiger partial charge in [-0.25, -0.2) is 0 Å². The van der Waals surface area contributed by atoms with Crippen LogP contribution in [-0.2, 0) is 0 Å². The second-order valence-electron chi connectivity index (χ2n) is 7.13. The lowest BCUT2D eigenvalue weighted by Gasteiger charge is -2.15. The maximum atomic E-state index is 6.04. The van der Waals surface area contributed by atoms with Gasteiger partial charge in [0.15, 0.2) is 0 Å². The van der Waals surface area contributed by atoms with Gasteiger partial charge in [-0.3, -0.25) is 0 Å². The average molecular weight is 391 g/mol. The summed E-state index contributed by atoms with van der Waals surface area (Å²) in [4.78, 5) is 0. The zero-order valence-corrected chi connectivity index (χ0v) is 16.6. The average Bonchev–Trinajstić information content (AvgIpc) is 2.78. The first-order valence-corrected chi connectivity index (χ1v) is 10.1. The lowest BCUT2D eigenvalue weighted by Crippen LogP contribution is -1.89. The summed E-state index contributed by atoms with van der Waals surface area (Å²) >= 11 is 6.04. The third kappa shape index (κ3) is 3.33. The molecular weight excluding hydrogens is 372 g/mol. The number of fused-ring (bicyclic) bond motifs is 2. The molecule has 0 aromatic heterocycles. The SMILES string of the molecule is Clc1ccc(/C=C/c2c3ccccc3c(-c3ccccc3)c3ccccc23)cc1. The van der Waals surface area contributed by atoms with E-state index in [1.165, 1.54) is 38.2 Å². The van der Waals surface area contributed by atoms with Crippen LogP contribution in [0, 0.1) is 0 Å². The summed E-state index contributed by atoms with van der Waals surface area (Å²) in [5, 5.41) is 5.82. The van der Waals surface area contributed by atoms with E-state index < -0.39 is 0 Å². The van der Waals surface area contributed by atoms with Crippen molar-refractivity contribution in [2.24, 2.45) is 0 Å². The molecule has 0 unspecified atom stereocenters.